The van der Waals surface area contributed by atoms with E-state index in [-0.39, 0.29) is 18.1 Å². The molecule has 1 aliphatic rings. The highest BCUT2D eigenvalue weighted by Gasteiger charge is 2.27. The van der Waals surface area contributed by atoms with Gasteiger partial charge in [-0.3, -0.25) is 4.79 Å². The molecule has 6 nitrogen and oxygen atoms in total. The Morgan fingerprint density at radius 1 is 1.28 bits per heavy atom. The molecule has 1 aliphatic heterocycles. The zero-order valence-electron chi connectivity index (χ0n) is 17.5. The molecule has 1 amide bonds. The van der Waals surface area contributed by atoms with E-state index < -0.39 is 23.8 Å². The number of ether oxygens (including phenoxy) is 1. The van der Waals surface area contributed by atoms with Gasteiger partial charge in [0.2, 0.25) is 0 Å². The number of hydrogen-bond acceptors (Lipinski definition) is 5. The number of aryl methyl sites for hydroxylation is 1. The van der Waals surface area contributed by atoms with Gasteiger partial charge in [0, 0.05) is 23.6 Å². The van der Waals surface area contributed by atoms with Crippen LogP contribution in [0.15, 0.2) is 43.0 Å². The van der Waals surface area contributed by atoms with Crippen LogP contribution in [0.4, 0.5) is 24.7 Å². The number of halogens is 3. The molecule has 0 bridgehead atoms. The van der Waals surface area contributed by atoms with Crippen LogP contribution in [0.3, 0.4) is 0 Å². The molecule has 1 atom stereocenters. The SMILES string of the molecule is C=CCN1C(=O)COc2cc3nc(C)nc(NC(C)c4cccc(C(F)F)c4F)c3cc21. The summed E-state index contributed by atoms with van der Waals surface area (Å²) in [6.45, 7) is 7.28. The van der Waals surface area contributed by atoms with Gasteiger partial charge in [0.1, 0.15) is 23.2 Å². The molecule has 9 heteroatoms. The van der Waals surface area contributed by atoms with Crippen LogP contribution < -0.4 is 15.0 Å². The number of anilines is 2. The molecule has 2 aromatic carbocycles. The normalized spacial score (nSPS) is 14.3. The zero-order chi connectivity index (χ0) is 23.0. The van der Waals surface area contributed by atoms with Crippen LogP contribution in [0, 0.1) is 12.7 Å². The third kappa shape index (κ3) is 3.86. The van der Waals surface area contributed by atoms with Crippen molar-refractivity contribution in [1.82, 2.24) is 9.97 Å². The van der Waals surface area contributed by atoms with Gasteiger partial charge in [-0.1, -0.05) is 24.3 Å². The molecule has 2 heterocycles. The van der Waals surface area contributed by atoms with E-state index in [4.69, 9.17) is 4.74 Å². The average Bonchev–Trinajstić information content (AvgIpc) is 2.74. The molecular formula is C23H21F3N4O2. The van der Waals surface area contributed by atoms with Crippen molar-refractivity contribution >= 4 is 28.3 Å². The van der Waals surface area contributed by atoms with Crippen LogP contribution >= 0.6 is 0 Å². The van der Waals surface area contributed by atoms with Crippen molar-refractivity contribution in [1.29, 1.82) is 0 Å². The number of benzene rings is 2. The second-order valence-electron chi connectivity index (χ2n) is 7.46. The second kappa shape index (κ2) is 8.49. The zero-order valence-corrected chi connectivity index (χ0v) is 17.5. The summed E-state index contributed by atoms with van der Waals surface area (Å²) in [4.78, 5) is 22.7. The number of aromatic nitrogens is 2. The Morgan fingerprint density at radius 3 is 2.75 bits per heavy atom. The van der Waals surface area contributed by atoms with Gasteiger partial charge in [-0.2, -0.15) is 0 Å². The molecule has 0 saturated carbocycles. The number of rotatable bonds is 6. The number of alkyl halides is 2. The summed E-state index contributed by atoms with van der Waals surface area (Å²) >= 11 is 0. The minimum absolute atomic E-state index is 0.0850. The van der Waals surface area contributed by atoms with Crippen LogP contribution in [0.2, 0.25) is 0 Å². The maximum absolute atomic E-state index is 14.7. The minimum Gasteiger partial charge on any atom is -0.481 e. The quantitative estimate of drug-likeness (QED) is 0.538. The van der Waals surface area contributed by atoms with Gasteiger partial charge in [-0.25, -0.2) is 23.1 Å². The summed E-state index contributed by atoms with van der Waals surface area (Å²) in [6.07, 6.45) is -1.30. The Hall–Kier alpha value is -3.62. The molecule has 32 heavy (non-hydrogen) atoms. The Labute approximate surface area is 182 Å². The summed E-state index contributed by atoms with van der Waals surface area (Å²) in [5, 5.41) is 3.70. The molecule has 0 spiro atoms. The van der Waals surface area contributed by atoms with E-state index in [1.165, 1.54) is 12.1 Å². The van der Waals surface area contributed by atoms with Crippen molar-refractivity contribution in [2.45, 2.75) is 26.3 Å². The smallest absolute Gasteiger partial charge is 0.266 e. The van der Waals surface area contributed by atoms with Crippen molar-refractivity contribution < 1.29 is 22.7 Å². The third-order valence-corrected chi connectivity index (χ3v) is 5.26. The molecule has 0 aliphatic carbocycles. The number of fused-ring (bicyclic) bond motifs is 2. The highest BCUT2D eigenvalue weighted by molar-refractivity contribution is 6.02. The van der Waals surface area contributed by atoms with Gasteiger partial charge in [0.15, 0.2) is 6.61 Å². The van der Waals surface area contributed by atoms with Gasteiger partial charge in [0.25, 0.3) is 12.3 Å². The van der Waals surface area contributed by atoms with Gasteiger partial charge >= 0.3 is 0 Å². The van der Waals surface area contributed by atoms with Crippen molar-refractivity contribution in [3.63, 3.8) is 0 Å². The highest BCUT2D eigenvalue weighted by atomic mass is 19.3. The lowest BCUT2D eigenvalue weighted by Gasteiger charge is -2.29. The first-order chi connectivity index (χ1) is 15.3. The van der Waals surface area contributed by atoms with E-state index in [2.05, 4.69) is 21.9 Å². The van der Waals surface area contributed by atoms with E-state index in [9.17, 15) is 18.0 Å². The first kappa shape index (κ1) is 21.6. The standard InChI is InChI=1S/C23H21F3N4O2/c1-4-8-30-18-9-16-17(10-19(18)32-11-20(30)31)28-13(3)29-23(16)27-12(2)14-6-5-7-15(21(14)24)22(25)26/h4-7,9-10,12,22H,1,8,11H2,2-3H3,(H,27,28,29). The fourth-order valence-corrected chi connectivity index (χ4v) is 3.73. The molecule has 3 aromatic rings. The molecule has 1 unspecified atom stereocenters. The predicted molar refractivity (Wildman–Crippen MR) is 116 cm³/mol. The lowest BCUT2D eigenvalue weighted by atomic mass is 10.0. The van der Waals surface area contributed by atoms with Crippen molar-refractivity contribution in [2.24, 2.45) is 0 Å². The Bertz CT molecular complexity index is 1220. The molecule has 1 aromatic heterocycles. The molecule has 166 valence electrons. The van der Waals surface area contributed by atoms with Crippen molar-refractivity contribution in [2.75, 3.05) is 23.4 Å². The van der Waals surface area contributed by atoms with Crippen LogP contribution in [0.1, 0.15) is 36.3 Å². The molecule has 4 rings (SSSR count). The maximum atomic E-state index is 14.7. The summed E-state index contributed by atoms with van der Waals surface area (Å²) in [5.41, 5.74) is 0.560. The highest BCUT2D eigenvalue weighted by Crippen LogP contribution is 2.38. The van der Waals surface area contributed by atoms with Crippen LogP contribution in [0.25, 0.3) is 10.9 Å². The molecule has 0 saturated heterocycles. The summed E-state index contributed by atoms with van der Waals surface area (Å²) < 4.78 is 46.5. The van der Waals surface area contributed by atoms with E-state index >= 15 is 0 Å². The Morgan fingerprint density at radius 2 is 2.03 bits per heavy atom. The lowest BCUT2D eigenvalue weighted by Crippen LogP contribution is -2.38. The first-order valence-corrected chi connectivity index (χ1v) is 9.99. The number of carbonyl (C=O) groups is 1. The third-order valence-electron chi connectivity index (χ3n) is 5.26. The van der Waals surface area contributed by atoms with Gasteiger partial charge in [-0.05, 0) is 19.9 Å². The Kier molecular flexibility index (Phi) is 5.73. The van der Waals surface area contributed by atoms with Crippen molar-refractivity contribution in [3.05, 3.63) is 65.8 Å². The van der Waals surface area contributed by atoms with Crippen molar-refractivity contribution in [3.8, 4) is 5.75 Å². The molecule has 1 N–H and O–H groups in total. The minimum atomic E-state index is -2.91. The fraction of sp³-hybridized carbons (Fsp3) is 0.261. The van der Waals surface area contributed by atoms with E-state index in [0.717, 1.165) is 6.07 Å². The van der Waals surface area contributed by atoms with E-state index in [1.807, 2.05) is 0 Å². The lowest BCUT2D eigenvalue weighted by molar-refractivity contribution is -0.121. The largest absolute Gasteiger partial charge is 0.481 e. The summed E-state index contributed by atoms with van der Waals surface area (Å²) in [7, 11) is 0. The maximum Gasteiger partial charge on any atom is 0.266 e. The number of nitrogens with one attached hydrogen (secondary N) is 1. The number of amides is 1. The monoisotopic (exact) mass is 442 g/mol. The average molecular weight is 442 g/mol. The van der Waals surface area contributed by atoms with E-state index in [0.29, 0.717) is 40.5 Å². The van der Waals surface area contributed by atoms with Gasteiger partial charge in [0.05, 0.1) is 22.8 Å². The van der Waals surface area contributed by atoms with Crippen LogP contribution in [-0.2, 0) is 4.79 Å². The summed E-state index contributed by atoms with van der Waals surface area (Å²) in [5.74, 6) is 0.196. The number of hydrogen-bond donors (Lipinski definition) is 1. The molecular weight excluding hydrogens is 421 g/mol. The fourth-order valence-electron chi connectivity index (χ4n) is 3.73. The summed E-state index contributed by atoms with van der Waals surface area (Å²) in [6, 6.07) is 6.70. The topological polar surface area (TPSA) is 67.4 Å². The predicted octanol–water partition coefficient (Wildman–Crippen LogP) is 5.10. The van der Waals surface area contributed by atoms with Gasteiger partial charge in [-0.15, -0.1) is 6.58 Å². The van der Waals surface area contributed by atoms with Crippen LogP contribution in [-0.4, -0.2) is 29.0 Å². The second-order valence-corrected chi connectivity index (χ2v) is 7.46. The molecule has 0 fully saturated rings. The van der Waals surface area contributed by atoms with Crippen LogP contribution in [0.5, 0.6) is 5.75 Å². The van der Waals surface area contributed by atoms with E-state index in [1.54, 1.807) is 37.0 Å². The first-order valence-electron chi connectivity index (χ1n) is 9.99. The molecule has 0 radical (unpaired) electrons. The Balaban J connectivity index is 1.79. The van der Waals surface area contributed by atoms with Gasteiger partial charge < -0.3 is 15.0 Å². The number of carbonyl (C=O) groups excluding carboxylic acids is 1. The number of nitrogens with zero attached hydrogens (tertiary/aromatic N) is 3.